The summed E-state index contributed by atoms with van der Waals surface area (Å²) in [6, 6.07) is 8.70. The molecule has 1 N–H and O–H groups in total. The molecule has 0 spiro atoms. The van der Waals surface area contributed by atoms with E-state index in [-0.39, 0.29) is 5.92 Å². The number of rotatable bonds is 13. The third kappa shape index (κ3) is 7.71. The van der Waals surface area contributed by atoms with Gasteiger partial charge in [-0.15, -0.1) is 0 Å². The smallest absolute Gasteiger partial charge is 0.309 e. The first kappa shape index (κ1) is 23.8. The second-order valence-corrected chi connectivity index (χ2v) is 8.92. The molecular weight excluding hydrogens is 370 g/mol. The van der Waals surface area contributed by atoms with Gasteiger partial charge >= 0.3 is 5.97 Å². The predicted molar refractivity (Wildman–Crippen MR) is 115 cm³/mol. The zero-order chi connectivity index (χ0) is 21.1. The Bertz CT molecular complexity index is 589. The highest BCUT2D eigenvalue weighted by Crippen LogP contribution is 2.46. The highest BCUT2D eigenvalue weighted by atomic mass is 19.3. The Morgan fingerprint density at radius 3 is 2.07 bits per heavy atom. The van der Waals surface area contributed by atoms with E-state index in [4.69, 9.17) is 0 Å². The molecule has 1 aromatic rings. The molecule has 0 radical (unpaired) electrons. The number of hydrogen-bond donors (Lipinski definition) is 1. The molecule has 1 aliphatic carbocycles. The Labute approximate surface area is 175 Å². The van der Waals surface area contributed by atoms with Gasteiger partial charge in [0.25, 0.3) is 0 Å². The van der Waals surface area contributed by atoms with E-state index in [0.29, 0.717) is 25.7 Å². The van der Waals surface area contributed by atoms with Crippen LogP contribution in [-0.2, 0) is 11.2 Å². The number of carboxylic acid groups (broad SMARTS) is 1. The van der Waals surface area contributed by atoms with Gasteiger partial charge in [-0.05, 0) is 55.6 Å². The summed E-state index contributed by atoms with van der Waals surface area (Å²) in [4.78, 5) is 11.6. The highest BCUT2D eigenvalue weighted by molar-refractivity contribution is 5.74. The minimum Gasteiger partial charge on any atom is -0.481 e. The van der Waals surface area contributed by atoms with Crippen LogP contribution >= 0.6 is 0 Å². The lowest BCUT2D eigenvalue weighted by atomic mass is 9.67. The molecule has 0 heterocycles. The van der Waals surface area contributed by atoms with Gasteiger partial charge in [0, 0.05) is 6.42 Å². The standard InChI is InChI=1S/C25H38F2O2/c1-2-3-4-5-6-7-8-9-10-20-11-13-21(14-12-20)22-15-17-25(18-16-22,24(28)29)19-23(26)27/h11-14,22-23H,2-10,15-19H2,1H3,(H,28,29). The molecule has 1 saturated carbocycles. The minimum atomic E-state index is -2.56. The number of alkyl halides is 2. The molecular formula is C25H38F2O2. The average molecular weight is 409 g/mol. The van der Waals surface area contributed by atoms with E-state index in [9.17, 15) is 18.7 Å². The predicted octanol–water partition coefficient (Wildman–Crippen LogP) is 7.75. The molecule has 2 nitrogen and oxygen atoms in total. The highest BCUT2D eigenvalue weighted by Gasteiger charge is 2.44. The van der Waals surface area contributed by atoms with Crippen molar-refractivity contribution < 1.29 is 18.7 Å². The van der Waals surface area contributed by atoms with Gasteiger partial charge < -0.3 is 5.11 Å². The second-order valence-electron chi connectivity index (χ2n) is 8.92. The number of benzene rings is 1. The third-order valence-electron chi connectivity index (χ3n) is 6.71. The minimum absolute atomic E-state index is 0.289. The first-order valence-electron chi connectivity index (χ1n) is 11.6. The fourth-order valence-corrected chi connectivity index (χ4v) is 4.72. The number of carbonyl (C=O) groups is 1. The number of unbranched alkanes of at least 4 members (excludes halogenated alkanes) is 7. The van der Waals surface area contributed by atoms with E-state index >= 15 is 0 Å². The molecule has 1 fully saturated rings. The normalized spacial score (nSPS) is 22.1. The summed E-state index contributed by atoms with van der Waals surface area (Å²) in [6.07, 6.45) is 10.7. The van der Waals surface area contributed by atoms with Gasteiger partial charge in [-0.2, -0.15) is 0 Å². The van der Waals surface area contributed by atoms with Gasteiger partial charge in [0.2, 0.25) is 6.43 Å². The van der Waals surface area contributed by atoms with Crippen LogP contribution in [-0.4, -0.2) is 17.5 Å². The first-order chi connectivity index (χ1) is 14.0. The monoisotopic (exact) mass is 408 g/mol. The van der Waals surface area contributed by atoms with E-state index in [1.54, 1.807) is 0 Å². The maximum atomic E-state index is 12.8. The van der Waals surface area contributed by atoms with E-state index in [0.717, 1.165) is 6.42 Å². The van der Waals surface area contributed by atoms with Gasteiger partial charge in [-0.1, -0.05) is 76.1 Å². The van der Waals surface area contributed by atoms with E-state index in [2.05, 4.69) is 31.2 Å². The van der Waals surface area contributed by atoms with Crippen LogP contribution in [0.15, 0.2) is 24.3 Å². The number of carboxylic acids is 1. The van der Waals surface area contributed by atoms with Crippen molar-refractivity contribution in [2.24, 2.45) is 5.41 Å². The van der Waals surface area contributed by atoms with Crippen LogP contribution in [0.5, 0.6) is 0 Å². The molecule has 0 atom stereocenters. The topological polar surface area (TPSA) is 37.3 Å². The van der Waals surface area contributed by atoms with Crippen molar-refractivity contribution in [1.82, 2.24) is 0 Å². The molecule has 0 bridgehead atoms. The maximum absolute atomic E-state index is 12.8. The molecule has 0 saturated heterocycles. The number of aliphatic carboxylic acids is 1. The van der Waals surface area contributed by atoms with Gasteiger partial charge in [-0.3, -0.25) is 4.79 Å². The molecule has 29 heavy (non-hydrogen) atoms. The molecule has 1 aromatic carbocycles. The van der Waals surface area contributed by atoms with Crippen LogP contribution in [0, 0.1) is 5.41 Å². The zero-order valence-electron chi connectivity index (χ0n) is 18.0. The summed E-state index contributed by atoms with van der Waals surface area (Å²) in [5.41, 5.74) is 1.34. The molecule has 0 amide bonds. The molecule has 0 aliphatic heterocycles. The summed E-state index contributed by atoms with van der Waals surface area (Å²) in [5, 5.41) is 9.47. The molecule has 0 aromatic heterocycles. The zero-order valence-corrected chi connectivity index (χ0v) is 18.0. The van der Waals surface area contributed by atoms with Crippen LogP contribution in [0.2, 0.25) is 0 Å². The second kappa shape index (κ2) is 12.3. The molecule has 0 unspecified atom stereocenters. The third-order valence-corrected chi connectivity index (χ3v) is 6.71. The Hall–Kier alpha value is -1.45. The Kier molecular flexibility index (Phi) is 10.1. The summed E-state index contributed by atoms with van der Waals surface area (Å²) in [5.74, 6) is -0.769. The van der Waals surface area contributed by atoms with Gasteiger partial charge in [0.15, 0.2) is 0 Å². The average Bonchev–Trinajstić information content (AvgIpc) is 2.70. The van der Waals surface area contributed by atoms with Crippen LogP contribution in [0.25, 0.3) is 0 Å². The Morgan fingerprint density at radius 1 is 1.00 bits per heavy atom. The van der Waals surface area contributed by atoms with Crippen molar-refractivity contribution in [1.29, 1.82) is 0 Å². The van der Waals surface area contributed by atoms with Crippen molar-refractivity contribution in [2.45, 2.75) is 109 Å². The van der Waals surface area contributed by atoms with Crippen LogP contribution < -0.4 is 0 Å². The summed E-state index contributed by atoms with van der Waals surface area (Å²) in [6.45, 7) is 2.25. The molecule has 4 heteroatoms. The van der Waals surface area contributed by atoms with Gasteiger partial charge in [0.05, 0.1) is 5.41 Å². The summed E-state index contributed by atoms with van der Waals surface area (Å²) < 4.78 is 25.7. The van der Waals surface area contributed by atoms with Crippen LogP contribution in [0.1, 0.15) is 107 Å². The lowest BCUT2D eigenvalue weighted by Crippen LogP contribution is -2.36. The lowest BCUT2D eigenvalue weighted by molar-refractivity contribution is -0.154. The van der Waals surface area contributed by atoms with Crippen molar-refractivity contribution in [3.8, 4) is 0 Å². The molecule has 2 rings (SSSR count). The van der Waals surface area contributed by atoms with Crippen molar-refractivity contribution in [3.05, 3.63) is 35.4 Å². The van der Waals surface area contributed by atoms with E-state index in [1.807, 2.05) is 0 Å². The van der Waals surface area contributed by atoms with Crippen LogP contribution in [0.4, 0.5) is 8.78 Å². The lowest BCUT2D eigenvalue weighted by Gasteiger charge is -2.37. The fourth-order valence-electron chi connectivity index (χ4n) is 4.72. The van der Waals surface area contributed by atoms with E-state index < -0.39 is 24.2 Å². The largest absolute Gasteiger partial charge is 0.481 e. The Morgan fingerprint density at radius 2 is 1.55 bits per heavy atom. The van der Waals surface area contributed by atoms with Crippen LogP contribution in [0.3, 0.4) is 0 Å². The van der Waals surface area contributed by atoms with Gasteiger partial charge in [0.1, 0.15) is 0 Å². The number of halogens is 2. The Balaban J connectivity index is 1.73. The summed E-state index contributed by atoms with van der Waals surface area (Å²) in [7, 11) is 0. The SMILES string of the molecule is CCCCCCCCCCc1ccc(C2CCC(CC(F)F)(C(=O)O)CC2)cc1. The van der Waals surface area contributed by atoms with Crippen molar-refractivity contribution in [3.63, 3.8) is 0 Å². The fraction of sp³-hybridized carbons (Fsp3) is 0.720. The van der Waals surface area contributed by atoms with Crippen molar-refractivity contribution in [2.75, 3.05) is 0 Å². The first-order valence-corrected chi connectivity index (χ1v) is 11.6. The summed E-state index contributed by atoms with van der Waals surface area (Å²) >= 11 is 0. The quantitative estimate of drug-likeness (QED) is 0.339. The maximum Gasteiger partial charge on any atom is 0.309 e. The molecule has 164 valence electrons. The number of hydrogen-bond acceptors (Lipinski definition) is 1. The van der Waals surface area contributed by atoms with Crippen molar-refractivity contribution >= 4 is 5.97 Å². The van der Waals surface area contributed by atoms with E-state index in [1.165, 1.54) is 62.5 Å². The molecule has 1 aliphatic rings. The number of aryl methyl sites for hydroxylation is 1. The van der Waals surface area contributed by atoms with Gasteiger partial charge in [-0.25, -0.2) is 8.78 Å².